The lowest BCUT2D eigenvalue weighted by atomic mass is 9.68. The molecule has 5 nitrogen and oxygen atoms in total. The molecule has 0 atom stereocenters. The molecule has 1 amide bonds. The molecule has 6 heteroatoms. The number of carbonyl (C=O) groups is 1. The molecular formula is C18H26N2O3S. The number of nitrogens with zero attached hydrogens (tertiary/aromatic N) is 2. The number of carbonyl (C=O) groups excluding carboxylic acids is 1. The quantitative estimate of drug-likeness (QED) is 0.838. The number of piperidine rings is 1. The SMILES string of the molecule is CCCS(=O)(=O)N1CCC2(CC1)CC(=O)N(CC)c1ccccc12. The highest BCUT2D eigenvalue weighted by atomic mass is 32.2. The highest BCUT2D eigenvalue weighted by Crippen LogP contribution is 2.47. The third-order valence-corrected chi connectivity index (χ3v) is 7.48. The van der Waals surface area contributed by atoms with Crippen molar-refractivity contribution in [1.82, 2.24) is 4.31 Å². The van der Waals surface area contributed by atoms with Gasteiger partial charge >= 0.3 is 0 Å². The Morgan fingerprint density at radius 3 is 2.42 bits per heavy atom. The van der Waals surface area contributed by atoms with Crippen molar-refractivity contribution in [2.24, 2.45) is 0 Å². The number of amides is 1. The van der Waals surface area contributed by atoms with Gasteiger partial charge in [0.05, 0.1) is 5.75 Å². The first kappa shape index (κ1) is 17.4. The second-order valence-electron chi connectivity index (χ2n) is 6.83. The lowest BCUT2D eigenvalue weighted by Crippen LogP contribution is -2.51. The second kappa shape index (κ2) is 6.48. The standard InChI is InChI=1S/C18H26N2O3S/c1-3-13-24(22,23)19-11-9-18(10-12-19)14-17(21)20(4-2)16-8-6-5-7-15(16)18/h5-8H,3-4,9-14H2,1-2H3. The van der Waals surface area contributed by atoms with Crippen molar-refractivity contribution in [3.8, 4) is 0 Å². The molecule has 2 heterocycles. The molecule has 0 N–H and O–H groups in total. The van der Waals surface area contributed by atoms with Crippen molar-refractivity contribution in [1.29, 1.82) is 0 Å². The van der Waals surface area contributed by atoms with Crippen LogP contribution in [0.2, 0.25) is 0 Å². The molecule has 0 bridgehead atoms. The highest BCUT2D eigenvalue weighted by molar-refractivity contribution is 7.89. The first-order valence-corrected chi connectivity index (χ1v) is 10.4. The minimum absolute atomic E-state index is 0.154. The summed E-state index contributed by atoms with van der Waals surface area (Å²) in [4.78, 5) is 14.5. The maximum Gasteiger partial charge on any atom is 0.227 e. The number of rotatable bonds is 4. The molecule has 0 unspecified atom stereocenters. The molecule has 2 aliphatic heterocycles. The molecule has 0 aromatic heterocycles. The van der Waals surface area contributed by atoms with Gasteiger partial charge in [0, 0.05) is 37.2 Å². The zero-order chi connectivity index (χ0) is 17.4. The van der Waals surface area contributed by atoms with Gasteiger partial charge in [-0.3, -0.25) is 4.79 Å². The maximum atomic E-state index is 12.6. The predicted octanol–water partition coefficient (Wildman–Crippen LogP) is 2.52. The molecule has 3 rings (SSSR count). The van der Waals surface area contributed by atoms with Gasteiger partial charge in [0.1, 0.15) is 0 Å². The van der Waals surface area contributed by atoms with Crippen LogP contribution in [0.15, 0.2) is 24.3 Å². The molecule has 1 aromatic carbocycles. The monoisotopic (exact) mass is 350 g/mol. The normalized spacial score (nSPS) is 21.1. The minimum Gasteiger partial charge on any atom is -0.312 e. The molecule has 1 spiro atoms. The van der Waals surface area contributed by atoms with Crippen LogP contribution in [0.3, 0.4) is 0 Å². The van der Waals surface area contributed by atoms with Gasteiger partial charge in [0.15, 0.2) is 0 Å². The second-order valence-corrected chi connectivity index (χ2v) is 8.92. The third-order valence-electron chi connectivity index (χ3n) is 5.41. The van der Waals surface area contributed by atoms with Gasteiger partial charge < -0.3 is 4.90 Å². The number of hydrogen-bond donors (Lipinski definition) is 0. The Kier molecular flexibility index (Phi) is 4.71. The molecule has 1 saturated heterocycles. The van der Waals surface area contributed by atoms with Gasteiger partial charge in [0.25, 0.3) is 0 Å². The van der Waals surface area contributed by atoms with E-state index < -0.39 is 10.0 Å². The number of para-hydroxylation sites is 1. The Balaban J connectivity index is 1.89. The Hall–Kier alpha value is -1.40. The van der Waals surface area contributed by atoms with Crippen LogP contribution < -0.4 is 4.90 Å². The summed E-state index contributed by atoms with van der Waals surface area (Å²) in [6.07, 6.45) is 2.56. The molecule has 0 radical (unpaired) electrons. The van der Waals surface area contributed by atoms with E-state index in [1.54, 1.807) is 4.31 Å². The van der Waals surface area contributed by atoms with Crippen LogP contribution in [-0.4, -0.2) is 44.0 Å². The van der Waals surface area contributed by atoms with Gasteiger partial charge in [-0.15, -0.1) is 0 Å². The lowest BCUT2D eigenvalue weighted by molar-refractivity contribution is -0.120. The first-order valence-electron chi connectivity index (χ1n) is 8.81. The lowest BCUT2D eigenvalue weighted by Gasteiger charge is -2.46. The first-order chi connectivity index (χ1) is 11.4. The van der Waals surface area contributed by atoms with E-state index in [-0.39, 0.29) is 17.1 Å². The number of benzene rings is 1. The van der Waals surface area contributed by atoms with Gasteiger partial charge in [0.2, 0.25) is 15.9 Å². The zero-order valence-electron chi connectivity index (χ0n) is 14.5. The fourth-order valence-electron chi connectivity index (χ4n) is 4.14. The summed E-state index contributed by atoms with van der Waals surface area (Å²) in [6, 6.07) is 8.11. The smallest absolute Gasteiger partial charge is 0.227 e. The fraction of sp³-hybridized carbons (Fsp3) is 0.611. The van der Waals surface area contributed by atoms with Crippen LogP contribution in [0.1, 0.15) is 45.1 Å². The Labute approximate surface area is 144 Å². The van der Waals surface area contributed by atoms with Crippen LogP contribution in [-0.2, 0) is 20.2 Å². The van der Waals surface area contributed by atoms with E-state index in [2.05, 4.69) is 6.07 Å². The summed E-state index contributed by atoms with van der Waals surface area (Å²) in [6.45, 7) is 5.57. The molecule has 0 saturated carbocycles. The highest BCUT2D eigenvalue weighted by Gasteiger charge is 2.45. The summed E-state index contributed by atoms with van der Waals surface area (Å²) in [5.74, 6) is 0.361. The zero-order valence-corrected chi connectivity index (χ0v) is 15.3. The number of anilines is 1. The Bertz CT molecular complexity index is 722. The van der Waals surface area contributed by atoms with Gasteiger partial charge in [-0.05, 0) is 37.8 Å². The van der Waals surface area contributed by atoms with Crippen molar-refractivity contribution >= 4 is 21.6 Å². The van der Waals surface area contributed by atoms with E-state index in [0.717, 1.165) is 18.5 Å². The molecular weight excluding hydrogens is 324 g/mol. The number of fused-ring (bicyclic) bond motifs is 2. The van der Waals surface area contributed by atoms with E-state index in [1.807, 2.05) is 36.9 Å². The summed E-state index contributed by atoms with van der Waals surface area (Å²) in [5.41, 5.74) is 2.00. The van der Waals surface area contributed by atoms with Crippen LogP contribution in [0.25, 0.3) is 0 Å². The largest absolute Gasteiger partial charge is 0.312 e. The van der Waals surface area contributed by atoms with Crippen LogP contribution >= 0.6 is 0 Å². The van der Waals surface area contributed by atoms with Gasteiger partial charge in [-0.2, -0.15) is 0 Å². The van der Waals surface area contributed by atoms with Crippen LogP contribution in [0.5, 0.6) is 0 Å². The van der Waals surface area contributed by atoms with E-state index in [1.165, 1.54) is 5.56 Å². The van der Waals surface area contributed by atoms with E-state index in [4.69, 9.17) is 0 Å². The van der Waals surface area contributed by atoms with Crippen LogP contribution in [0.4, 0.5) is 5.69 Å². The van der Waals surface area contributed by atoms with E-state index >= 15 is 0 Å². The summed E-state index contributed by atoms with van der Waals surface area (Å²) in [7, 11) is -3.16. The van der Waals surface area contributed by atoms with Gasteiger partial charge in [-0.25, -0.2) is 12.7 Å². The fourth-order valence-corrected chi connectivity index (χ4v) is 5.66. The van der Waals surface area contributed by atoms with Crippen molar-refractivity contribution in [3.05, 3.63) is 29.8 Å². The summed E-state index contributed by atoms with van der Waals surface area (Å²) < 4.78 is 26.2. The third kappa shape index (κ3) is 2.86. The topological polar surface area (TPSA) is 57.7 Å². The molecule has 1 fully saturated rings. The van der Waals surface area contributed by atoms with Crippen molar-refractivity contribution in [2.45, 2.75) is 44.9 Å². The van der Waals surface area contributed by atoms with E-state index in [0.29, 0.717) is 32.5 Å². The average molecular weight is 350 g/mol. The average Bonchev–Trinajstić information content (AvgIpc) is 2.56. The van der Waals surface area contributed by atoms with Gasteiger partial charge in [-0.1, -0.05) is 25.1 Å². The van der Waals surface area contributed by atoms with Crippen molar-refractivity contribution in [2.75, 3.05) is 30.3 Å². The van der Waals surface area contributed by atoms with Crippen molar-refractivity contribution in [3.63, 3.8) is 0 Å². The molecule has 0 aliphatic carbocycles. The Morgan fingerprint density at radius 2 is 1.79 bits per heavy atom. The maximum absolute atomic E-state index is 12.6. The van der Waals surface area contributed by atoms with E-state index in [9.17, 15) is 13.2 Å². The number of hydrogen-bond acceptors (Lipinski definition) is 3. The predicted molar refractivity (Wildman–Crippen MR) is 95.6 cm³/mol. The minimum atomic E-state index is -3.16. The molecule has 24 heavy (non-hydrogen) atoms. The molecule has 2 aliphatic rings. The molecule has 1 aromatic rings. The summed E-state index contributed by atoms with van der Waals surface area (Å²) in [5, 5.41) is 0. The number of sulfonamides is 1. The van der Waals surface area contributed by atoms with Crippen molar-refractivity contribution < 1.29 is 13.2 Å². The molecule has 132 valence electrons. The summed E-state index contributed by atoms with van der Waals surface area (Å²) >= 11 is 0. The Morgan fingerprint density at radius 1 is 1.12 bits per heavy atom. The van der Waals surface area contributed by atoms with Crippen LogP contribution in [0, 0.1) is 0 Å².